The summed E-state index contributed by atoms with van der Waals surface area (Å²) in [5.41, 5.74) is -0.0461. The highest BCUT2D eigenvalue weighted by atomic mass is 16.2. The lowest BCUT2D eigenvalue weighted by Gasteiger charge is -2.24. The van der Waals surface area contributed by atoms with Gasteiger partial charge in [-0.1, -0.05) is 27.7 Å². The molecular weight excluding hydrogens is 244 g/mol. The fourth-order valence-electron chi connectivity index (χ4n) is 1.68. The number of carbonyl (C=O) groups excluding carboxylic acids is 1. The van der Waals surface area contributed by atoms with Crippen molar-refractivity contribution in [2.45, 2.75) is 46.5 Å². The van der Waals surface area contributed by atoms with Crippen LogP contribution < -0.4 is 5.32 Å². The highest BCUT2D eigenvalue weighted by molar-refractivity contribution is 5.90. The van der Waals surface area contributed by atoms with E-state index in [1.165, 1.54) is 0 Å². The fourth-order valence-corrected chi connectivity index (χ4v) is 1.68. The fraction of sp³-hybridized carbons (Fsp3) is 0.769. The molecule has 0 aromatic carbocycles. The van der Waals surface area contributed by atoms with Gasteiger partial charge in [0, 0.05) is 19.1 Å². The van der Waals surface area contributed by atoms with Gasteiger partial charge in [-0.05, 0) is 18.3 Å². The molecule has 19 heavy (non-hydrogen) atoms. The normalized spacial score (nSPS) is 11.9. The topological polar surface area (TPSA) is 90.9 Å². The Labute approximate surface area is 114 Å². The van der Waals surface area contributed by atoms with E-state index in [2.05, 4.69) is 34.3 Å². The van der Waals surface area contributed by atoms with Crippen molar-refractivity contribution in [1.29, 1.82) is 0 Å². The third kappa shape index (κ3) is 4.98. The number of rotatable bonds is 7. The van der Waals surface area contributed by atoms with Crippen LogP contribution in [0.15, 0.2) is 0 Å². The number of H-pyrrole nitrogens is 1. The molecule has 1 rings (SSSR count). The summed E-state index contributed by atoms with van der Waals surface area (Å²) in [6, 6.07) is 0. The van der Waals surface area contributed by atoms with Gasteiger partial charge in [0.2, 0.25) is 5.82 Å². The van der Waals surface area contributed by atoms with Gasteiger partial charge in [-0.25, -0.2) is 4.98 Å². The van der Waals surface area contributed by atoms with E-state index in [1.807, 2.05) is 13.8 Å². The zero-order valence-electron chi connectivity index (χ0n) is 12.2. The Hall–Kier alpha value is -1.43. The predicted octanol–water partition coefficient (Wildman–Crippen LogP) is 1.46. The van der Waals surface area contributed by atoms with Crippen molar-refractivity contribution in [3.63, 3.8) is 0 Å². The highest BCUT2D eigenvalue weighted by Gasteiger charge is 2.20. The molecule has 0 saturated carbocycles. The predicted molar refractivity (Wildman–Crippen MR) is 72.9 cm³/mol. The van der Waals surface area contributed by atoms with E-state index < -0.39 is 0 Å². The van der Waals surface area contributed by atoms with Crippen LogP contribution >= 0.6 is 0 Å². The number of nitrogens with one attached hydrogen (secondary N) is 2. The Morgan fingerprint density at radius 1 is 1.47 bits per heavy atom. The number of nitrogens with zero attached hydrogens (tertiary/aromatic N) is 2. The minimum atomic E-state index is -0.264. The maximum Gasteiger partial charge on any atom is 0.290 e. The van der Waals surface area contributed by atoms with E-state index in [0.29, 0.717) is 12.4 Å². The van der Waals surface area contributed by atoms with E-state index in [-0.39, 0.29) is 29.7 Å². The van der Waals surface area contributed by atoms with Crippen molar-refractivity contribution in [3.8, 4) is 0 Å². The Morgan fingerprint density at radius 3 is 2.68 bits per heavy atom. The first-order chi connectivity index (χ1) is 8.85. The lowest BCUT2D eigenvalue weighted by atomic mass is 9.88. The maximum absolute atomic E-state index is 11.9. The van der Waals surface area contributed by atoms with Crippen molar-refractivity contribution >= 4 is 5.91 Å². The largest absolute Gasteiger partial charge is 0.396 e. The molecule has 6 heteroatoms. The quantitative estimate of drug-likeness (QED) is 0.698. The third-order valence-electron chi connectivity index (χ3n) is 2.99. The van der Waals surface area contributed by atoms with Gasteiger partial charge in [0.15, 0.2) is 0 Å². The number of hydrogen-bond donors (Lipinski definition) is 3. The molecule has 0 aliphatic rings. The van der Waals surface area contributed by atoms with Gasteiger partial charge < -0.3 is 10.4 Å². The van der Waals surface area contributed by atoms with Crippen LogP contribution in [0.4, 0.5) is 0 Å². The van der Waals surface area contributed by atoms with Gasteiger partial charge in [0.1, 0.15) is 5.82 Å². The molecule has 1 aromatic rings. The van der Waals surface area contributed by atoms with Crippen LogP contribution in [-0.2, 0) is 0 Å². The summed E-state index contributed by atoms with van der Waals surface area (Å²) in [5, 5.41) is 18.3. The average Bonchev–Trinajstić information content (AvgIpc) is 2.83. The summed E-state index contributed by atoms with van der Waals surface area (Å²) in [7, 11) is 0. The van der Waals surface area contributed by atoms with Crippen molar-refractivity contribution in [3.05, 3.63) is 11.6 Å². The summed E-state index contributed by atoms with van der Waals surface area (Å²) in [5.74, 6) is 0.849. The first-order valence-corrected chi connectivity index (χ1v) is 6.67. The van der Waals surface area contributed by atoms with Crippen molar-refractivity contribution in [2.24, 2.45) is 5.41 Å². The van der Waals surface area contributed by atoms with Gasteiger partial charge in [-0.3, -0.25) is 9.89 Å². The average molecular weight is 268 g/mol. The summed E-state index contributed by atoms with van der Waals surface area (Å²) in [6.07, 6.45) is 1.59. The molecule has 0 radical (unpaired) electrons. The second-order valence-corrected chi connectivity index (χ2v) is 5.87. The Bertz CT molecular complexity index is 413. The van der Waals surface area contributed by atoms with Crippen molar-refractivity contribution in [1.82, 2.24) is 20.5 Å². The zero-order chi connectivity index (χ0) is 14.5. The minimum absolute atomic E-state index is 0.0461. The molecule has 0 aliphatic heterocycles. The maximum atomic E-state index is 11.9. The molecule has 0 bridgehead atoms. The molecule has 0 atom stereocenters. The smallest absolute Gasteiger partial charge is 0.290 e. The first-order valence-electron chi connectivity index (χ1n) is 6.67. The van der Waals surface area contributed by atoms with Gasteiger partial charge >= 0.3 is 0 Å². The molecule has 0 saturated heterocycles. The third-order valence-corrected chi connectivity index (χ3v) is 2.99. The Kier molecular flexibility index (Phi) is 5.47. The first kappa shape index (κ1) is 15.6. The van der Waals surface area contributed by atoms with Gasteiger partial charge in [-0.2, -0.15) is 0 Å². The van der Waals surface area contributed by atoms with Gasteiger partial charge in [0.05, 0.1) is 0 Å². The molecule has 1 heterocycles. The van der Waals surface area contributed by atoms with E-state index in [4.69, 9.17) is 5.11 Å². The van der Waals surface area contributed by atoms with Crippen LogP contribution in [0.1, 0.15) is 62.9 Å². The summed E-state index contributed by atoms with van der Waals surface area (Å²) in [6.45, 7) is 8.80. The molecule has 0 unspecified atom stereocenters. The molecule has 6 nitrogen and oxygen atoms in total. The number of hydrogen-bond acceptors (Lipinski definition) is 4. The zero-order valence-corrected chi connectivity index (χ0v) is 12.2. The van der Waals surface area contributed by atoms with E-state index >= 15 is 0 Å². The summed E-state index contributed by atoms with van der Waals surface area (Å²) in [4.78, 5) is 16.0. The molecule has 0 aliphatic carbocycles. The number of aliphatic hydroxyl groups excluding tert-OH is 1. The van der Waals surface area contributed by atoms with Crippen LogP contribution in [0.2, 0.25) is 0 Å². The standard InChI is InChI=1S/C13H24N4O2/c1-9(2)10-15-11(17-16-10)12(19)14-8-13(3,4)6-5-7-18/h9,18H,5-8H2,1-4H3,(H,14,19)(H,15,16,17). The molecule has 3 N–H and O–H groups in total. The molecule has 0 spiro atoms. The van der Waals surface area contributed by atoms with Gasteiger partial charge in [-0.15, -0.1) is 5.10 Å². The molecule has 1 amide bonds. The SMILES string of the molecule is CC(C)c1nc(C(=O)NCC(C)(C)CCCO)n[nH]1. The number of aromatic nitrogens is 3. The van der Waals surface area contributed by atoms with Crippen LogP contribution in [-0.4, -0.2) is 39.3 Å². The molecule has 108 valence electrons. The molecular formula is C13H24N4O2. The van der Waals surface area contributed by atoms with E-state index in [1.54, 1.807) is 0 Å². The number of aromatic amines is 1. The van der Waals surface area contributed by atoms with Crippen molar-refractivity contribution < 1.29 is 9.90 Å². The van der Waals surface area contributed by atoms with Crippen LogP contribution in [0, 0.1) is 5.41 Å². The van der Waals surface area contributed by atoms with Gasteiger partial charge in [0.25, 0.3) is 5.91 Å². The van der Waals surface area contributed by atoms with E-state index in [0.717, 1.165) is 12.8 Å². The lowest BCUT2D eigenvalue weighted by molar-refractivity contribution is 0.0923. The van der Waals surface area contributed by atoms with E-state index in [9.17, 15) is 4.79 Å². The second-order valence-electron chi connectivity index (χ2n) is 5.87. The number of amides is 1. The lowest BCUT2D eigenvalue weighted by Crippen LogP contribution is -2.34. The highest BCUT2D eigenvalue weighted by Crippen LogP contribution is 2.20. The Morgan fingerprint density at radius 2 is 2.16 bits per heavy atom. The number of carbonyl (C=O) groups is 1. The van der Waals surface area contributed by atoms with Crippen LogP contribution in [0.25, 0.3) is 0 Å². The van der Waals surface area contributed by atoms with Crippen LogP contribution in [0.5, 0.6) is 0 Å². The summed E-state index contributed by atoms with van der Waals surface area (Å²) >= 11 is 0. The molecule has 0 fully saturated rings. The summed E-state index contributed by atoms with van der Waals surface area (Å²) < 4.78 is 0. The Balaban J connectivity index is 2.50. The second kappa shape index (κ2) is 6.65. The number of aliphatic hydroxyl groups is 1. The van der Waals surface area contributed by atoms with Crippen molar-refractivity contribution in [2.75, 3.05) is 13.2 Å². The monoisotopic (exact) mass is 268 g/mol. The van der Waals surface area contributed by atoms with Crippen LogP contribution in [0.3, 0.4) is 0 Å². The molecule has 1 aromatic heterocycles. The minimum Gasteiger partial charge on any atom is -0.396 e.